The summed E-state index contributed by atoms with van der Waals surface area (Å²) in [4.78, 5) is 57.0. The number of fused-ring (bicyclic) bond motifs is 6. The largest absolute Gasteiger partial charge is 0.463 e. The highest BCUT2D eigenvalue weighted by atomic mass is 16.5. The first-order chi connectivity index (χ1) is 31.9. The topological polar surface area (TPSA) is 123 Å². The maximum Gasteiger partial charge on any atom is 0.407 e. The second-order valence-corrected chi connectivity index (χ2v) is 16.6. The maximum absolute atomic E-state index is 14.6. The van der Waals surface area contributed by atoms with Gasteiger partial charge in [-0.05, 0) is 61.2 Å². The molecule has 3 atom stereocenters. The lowest BCUT2D eigenvalue weighted by molar-refractivity contribution is -0.148. The number of carbonyl (C=O) groups is 4. The number of ether oxygens (including phenoxy) is 2. The van der Waals surface area contributed by atoms with Crippen molar-refractivity contribution in [3.63, 3.8) is 0 Å². The van der Waals surface area contributed by atoms with Crippen molar-refractivity contribution in [2.45, 2.75) is 49.2 Å². The zero-order valence-electron chi connectivity index (χ0n) is 35.8. The van der Waals surface area contributed by atoms with Crippen LogP contribution in [-0.4, -0.2) is 55.2 Å². The van der Waals surface area contributed by atoms with Crippen molar-refractivity contribution >= 4 is 23.9 Å². The van der Waals surface area contributed by atoms with Crippen molar-refractivity contribution in [2.75, 3.05) is 13.2 Å². The van der Waals surface area contributed by atoms with Gasteiger partial charge in [0.15, 0.2) is 0 Å². The molecule has 0 aliphatic heterocycles. The Balaban J connectivity index is 0.932. The molecule has 2 aliphatic carbocycles. The summed E-state index contributed by atoms with van der Waals surface area (Å²) in [6, 6.07) is 57.2. The Morgan fingerprint density at radius 1 is 0.369 bits per heavy atom. The molecule has 0 radical (unpaired) electrons. The van der Waals surface area contributed by atoms with Gasteiger partial charge >= 0.3 is 12.1 Å². The fraction of sp³-hybridized carbons (Fsp3) is 0.179. The number of benzene rings is 7. The summed E-state index contributed by atoms with van der Waals surface area (Å²) >= 11 is 0. The van der Waals surface area contributed by atoms with E-state index in [1.807, 2.05) is 152 Å². The molecule has 0 bridgehead atoms. The molecule has 0 aromatic heterocycles. The van der Waals surface area contributed by atoms with Crippen molar-refractivity contribution in [3.05, 3.63) is 227 Å². The van der Waals surface area contributed by atoms with Gasteiger partial charge in [0.1, 0.15) is 31.3 Å². The molecule has 9 heteroatoms. The van der Waals surface area contributed by atoms with E-state index < -0.39 is 42.0 Å². The summed E-state index contributed by atoms with van der Waals surface area (Å²) < 4.78 is 12.0. The molecule has 3 N–H and O–H groups in total. The van der Waals surface area contributed by atoms with Crippen LogP contribution >= 0.6 is 0 Å². The van der Waals surface area contributed by atoms with Crippen LogP contribution in [0, 0.1) is 0 Å². The van der Waals surface area contributed by atoms with Gasteiger partial charge in [0.05, 0.1) is 0 Å². The van der Waals surface area contributed by atoms with Gasteiger partial charge in [-0.3, -0.25) is 9.59 Å². The van der Waals surface area contributed by atoms with E-state index in [1.54, 1.807) is 0 Å². The second kappa shape index (κ2) is 19.7. The Bertz CT molecular complexity index is 2710. The Labute approximate surface area is 378 Å². The van der Waals surface area contributed by atoms with Crippen molar-refractivity contribution in [1.82, 2.24) is 16.0 Å². The molecule has 0 heterocycles. The molecule has 7 aromatic rings. The van der Waals surface area contributed by atoms with Crippen LogP contribution in [0.3, 0.4) is 0 Å². The predicted molar refractivity (Wildman–Crippen MR) is 251 cm³/mol. The van der Waals surface area contributed by atoms with Crippen LogP contribution in [0.1, 0.15) is 50.8 Å². The first-order valence-corrected chi connectivity index (χ1v) is 22.1. The Morgan fingerprint density at radius 3 is 1.08 bits per heavy atom. The lowest BCUT2D eigenvalue weighted by atomic mass is 9.98. The summed E-state index contributed by atoms with van der Waals surface area (Å²) in [5.74, 6) is -2.09. The summed E-state index contributed by atoms with van der Waals surface area (Å²) in [7, 11) is 0. The highest BCUT2D eigenvalue weighted by Gasteiger charge is 2.34. The van der Waals surface area contributed by atoms with E-state index in [2.05, 4.69) is 52.3 Å². The van der Waals surface area contributed by atoms with Crippen molar-refractivity contribution in [2.24, 2.45) is 0 Å². The molecule has 324 valence electrons. The van der Waals surface area contributed by atoms with E-state index in [4.69, 9.17) is 9.47 Å². The van der Waals surface area contributed by atoms with Gasteiger partial charge in [-0.1, -0.05) is 188 Å². The van der Waals surface area contributed by atoms with Gasteiger partial charge in [-0.15, -0.1) is 0 Å². The van der Waals surface area contributed by atoms with Crippen LogP contribution in [0.15, 0.2) is 188 Å². The first-order valence-electron chi connectivity index (χ1n) is 22.1. The molecule has 7 aromatic carbocycles. The SMILES string of the molecule is O=C(N[C@@H](Cc1ccccc1)C(=O)N[C@@H](Cc1ccccc1)C(=O)N[C@@H](Cc1ccccc1)C(=O)OCC1c2ccccc2-c2ccccc21)OCC1c2ccccc2-c2ccccc21. The monoisotopic (exact) mass is 859 g/mol. The highest BCUT2D eigenvalue weighted by Crippen LogP contribution is 2.45. The van der Waals surface area contributed by atoms with Crippen LogP contribution in [0.4, 0.5) is 4.79 Å². The van der Waals surface area contributed by atoms with Crippen LogP contribution < -0.4 is 16.0 Å². The fourth-order valence-electron chi connectivity index (χ4n) is 9.19. The Kier molecular flexibility index (Phi) is 12.9. The number of esters is 1. The minimum Gasteiger partial charge on any atom is -0.463 e. The van der Waals surface area contributed by atoms with E-state index in [-0.39, 0.29) is 44.3 Å². The van der Waals surface area contributed by atoms with E-state index in [1.165, 1.54) is 0 Å². The molecule has 9 rings (SSSR count). The molecule has 0 unspecified atom stereocenters. The van der Waals surface area contributed by atoms with E-state index in [0.29, 0.717) is 0 Å². The molecule has 0 saturated heterocycles. The van der Waals surface area contributed by atoms with E-state index >= 15 is 0 Å². The van der Waals surface area contributed by atoms with Crippen molar-refractivity contribution in [1.29, 1.82) is 0 Å². The lowest BCUT2D eigenvalue weighted by Crippen LogP contribution is -2.57. The first kappa shape index (κ1) is 42.5. The van der Waals surface area contributed by atoms with Gasteiger partial charge in [-0.2, -0.15) is 0 Å². The number of rotatable bonds is 16. The summed E-state index contributed by atoms with van der Waals surface area (Å²) in [5, 5.41) is 8.73. The van der Waals surface area contributed by atoms with Gasteiger partial charge in [0, 0.05) is 31.1 Å². The number of amides is 3. The third-order valence-corrected chi connectivity index (χ3v) is 12.4. The maximum atomic E-state index is 14.6. The second-order valence-electron chi connectivity index (χ2n) is 16.6. The highest BCUT2D eigenvalue weighted by molar-refractivity contribution is 5.93. The van der Waals surface area contributed by atoms with Gasteiger partial charge in [0.25, 0.3) is 0 Å². The Morgan fingerprint density at radius 2 is 0.677 bits per heavy atom. The smallest absolute Gasteiger partial charge is 0.407 e. The molecule has 0 fully saturated rings. The normalized spacial score (nSPS) is 13.8. The third kappa shape index (κ3) is 9.75. The minimum atomic E-state index is -1.13. The number of hydrogen-bond acceptors (Lipinski definition) is 6. The molecule has 65 heavy (non-hydrogen) atoms. The summed E-state index contributed by atoms with van der Waals surface area (Å²) in [6.45, 7) is 0.151. The van der Waals surface area contributed by atoms with Gasteiger partial charge in [0.2, 0.25) is 11.8 Å². The van der Waals surface area contributed by atoms with Crippen LogP contribution in [-0.2, 0) is 43.1 Å². The quantitative estimate of drug-likeness (QED) is 0.0835. The molecule has 0 spiro atoms. The van der Waals surface area contributed by atoms with Crippen LogP contribution in [0.2, 0.25) is 0 Å². The van der Waals surface area contributed by atoms with Gasteiger partial charge < -0.3 is 25.4 Å². The lowest BCUT2D eigenvalue weighted by Gasteiger charge is -2.26. The third-order valence-electron chi connectivity index (χ3n) is 12.4. The Hall–Kier alpha value is -7.78. The molecule has 3 amide bonds. The number of nitrogens with one attached hydrogen (secondary N) is 3. The van der Waals surface area contributed by atoms with Crippen molar-refractivity contribution in [3.8, 4) is 22.3 Å². The van der Waals surface area contributed by atoms with Crippen LogP contribution in [0.25, 0.3) is 22.3 Å². The average molecular weight is 860 g/mol. The van der Waals surface area contributed by atoms with Gasteiger partial charge in [-0.25, -0.2) is 9.59 Å². The molecule has 9 nitrogen and oxygen atoms in total. The minimum absolute atomic E-state index is 0.0667. The van der Waals surface area contributed by atoms with E-state index in [9.17, 15) is 19.2 Å². The fourth-order valence-corrected chi connectivity index (χ4v) is 9.19. The van der Waals surface area contributed by atoms with E-state index in [0.717, 1.165) is 61.2 Å². The molecule has 2 aliphatic rings. The van der Waals surface area contributed by atoms with Crippen molar-refractivity contribution < 1.29 is 28.7 Å². The van der Waals surface area contributed by atoms with Crippen LogP contribution in [0.5, 0.6) is 0 Å². The molecule has 0 saturated carbocycles. The number of alkyl carbamates (subject to hydrolysis) is 1. The zero-order chi connectivity index (χ0) is 44.5. The summed E-state index contributed by atoms with van der Waals surface area (Å²) in [6.07, 6.45) is -0.350. The average Bonchev–Trinajstić information content (AvgIpc) is 3.85. The standard InChI is InChI=1S/C56H49N3O6/c60-53(58-52(34-39-22-8-3-9-23-39)55(62)64-35-48-44-28-14-10-24-40(44)41-25-11-15-29-45(41)48)50(32-37-18-4-1-5-19-37)57-54(61)51(33-38-20-6-2-7-21-38)59-56(63)65-36-49-46-30-16-12-26-42(46)43-27-13-17-31-47(43)49/h1-31,48-52H,32-36H2,(H,57,61)(H,58,60)(H,59,63)/t50-,51-,52-/m0/s1. The summed E-state index contributed by atoms with van der Waals surface area (Å²) in [5.41, 5.74) is 11.1. The molecular weight excluding hydrogens is 811 g/mol. The number of hydrogen-bond donors (Lipinski definition) is 3. The zero-order valence-corrected chi connectivity index (χ0v) is 35.8. The molecular formula is C56H49N3O6. The number of carbonyl (C=O) groups excluding carboxylic acids is 4. The predicted octanol–water partition coefficient (Wildman–Crippen LogP) is 8.95.